The summed E-state index contributed by atoms with van der Waals surface area (Å²) in [6, 6.07) is 6.46. The Hall–Kier alpha value is -0.950. The molecule has 0 radical (unpaired) electrons. The molecule has 4 N–H and O–H groups in total. The average Bonchev–Trinajstić information content (AvgIpc) is 2.34. The molecular weight excluding hydrogens is 252 g/mol. The van der Waals surface area contributed by atoms with E-state index in [1.807, 2.05) is 19.9 Å². The van der Waals surface area contributed by atoms with E-state index in [1.54, 1.807) is 12.1 Å². The largest absolute Gasteiger partial charge is 0.395 e. The third kappa shape index (κ3) is 4.06. The van der Waals surface area contributed by atoms with Crippen molar-refractivity contribution in [3.05, 3.63) is 29.8 Å². The van der Waals surface area contributed by atoms with Crippen LogP contribution < -0.4 is 10.5 Å². The van der Waals surface area contributed by atoms with E-state index < -0.39 is 10.0 Å². The highest BCUT2D eigenvalue weighted by atomic mass is 32.2. The van der Waals surface area contributed by atoms with Crippen LogP contribution in [0.3, 0.4) is 0 Å². The molecule has 0 saturated heterocycles. The van der Waals surface area contributed by atoms with Gasteiger partial charge in [0.15, 0.2) is 0 Å². The van der Waals surface area contributed by atoms with Crippen LogP contribution in [0.4, 0.5) is 0 Å². The minimum Gasteiger partial charge on any atom is -0.395 e. The Morgan fingerprint density at radius 2 is 2.11 bits per heavy atom. The second-order valence-corrected chi connectivity index (χ2v) is 5.86. The third-order valence-corrected chi connectivity index (χ3v) is 3.80. The Labute approximate surface area is 108 Å². The maximum atomic E-state index is 11.3. The summed E-state index contributed by atoms with van der Waals surface area (Å²) >= 11 is 0. The van der Waals surface area contributed by atoms with Gasteiger partial charge in [-0.15, -0.1) is 0 Å². The molecule has 0 aliphatic carbocycles. The summed E-state index contributed by atoms with van der Waals surface area (Å²) in [6.45, 7) is 3.94. The molecule has 0 saturated carbocycles. The number of primary sulfonamides is 1. The first-order chi connectivity index (χ1) is 8.38. The highest BCUT2D eigenvalue weighted by Gasteiger charge is 2.14. The molecule has 1 rings (SSSR count). The van der Waals surface area contributed by atoms with E-state index in [0.29, 0.717) is 0 Å². The molecule has 1 aromatic carbocycles. The van der Waals surface area contributed by atoms with Crippen molar-refractivity contribution in [2.24, 2.45) is 5.14 Å². The van der Waals surface area contributed by atoms with Gasteiger partial charge in [0.2, 0.25) is 10.0 Å². The van der Waals surface area contributed by atoms with Gasteiger partial charge in [-0.25, -0.2) is 13.6 Å². The van der Waals surface area contributed by atoms with Crippen molar-refractivity contribution >= 4 is 10.0 Å². The monoisotopic (exact) mass is 272 g/mol. The lowest BCUT2D eigenvalue weighted by Gasteiger charge is -2.21. The van der Waals surface area contributed by atoms with Crippen molar-refractivity contribution in [3.8, 4) is 0 Å². The topological polar surface area (TPSA) is 92.4 Å². The molecule has 0 aliphatic heterocycles. The quantitative estimate of drug-likeness (QED) is 0.712. The zero-order valence-corrected chi connectivity index (χ0v) is 11.4. The molecule has 0 spiro atoms. The number of aliphatic hydroxyl groups is 1. The molecule has 1 aromatic rings. The van der Waals surface area contributed by atoms with Gasteiger partial charge >= 0.3 is 0 Å². The van der Waals surface area contributed by atoms with Gasteiger partial charge < -0.3 is 10.4 Å². The number of rotatable bonds is 6. The van der Waals surface area contributed by atoms with Crippen LogP contribution in [0, 0.1) is 0 Å². The lowest BCUT2D eigenvalue weighted by molar-refractivity contribution is 0.230. The Morgan fingerprint density at radius 1 is 1.44 bits per heavy atom. The number of nitrogens with two attached hydrogens (primary N) is 1. The number of aliphatic hydroxyl groups excluding tert-OH is 1. The molecule has 0 aromatic heterocycles. The summed E-state index contributed by atoms with van der Waals surface area (Å²) in [4.78, 5) is 0.102. The van der Waals surface area contributed by atoms with Gasteiger partial charge in [-0.2, -0.15) is 0 Å². The van der Waals surface area contributed by atoms with E-state index in [9.17, 15) is 8.42 Å². The number of sulfonamides is 1. The standard InChI is InChI=1S/C12H20N2O3S/c1-3-11(8-15)14-9(2)10-5-4-6-12(7-10)18(13,16)17/h4-7,9,11,14-15H,3,8H2,1-2H3,(H2,13,16,17)/t9?,11-/m0/s1. The van der Waals surface area contributed by atoms with Crippen molar-refractivity contribution in [1.82, 2.24) is 5.32 Å². The van der Waals surface area contributed by atoms with Gasteiger partial charge in [0, 0.05) is 12.1 Å². The highest BCUT2D eigenvalue weighted by molar-refractivity contribution is 7.89. The second kappa shape index (κ2) is 6.29. The van der Waals surface area contributed by atoms with Gasteiger partial charge in [0.25, 0.3) is 0 Å². The molecule has 6 heteroatoms. The number of benzene rings is 1. The average molecular weight is 272 g/mol. The van der Waals surface area contributed by atoms with E-state index in [4.69, 9.17) is 10.2 Å². The first kappa shape index (κ1) is 15.1. The van der Waals surface area contributed by atoms with E-state index >= 15 is 0 Å². The molecule has 0 aliphatic rings. The van der Waals surface area contributed by atoms with Crippen LogP contribution in [0.25, 0.3) is 0 Å². The minimum atomic E-state index is -3.68. The van der Waals surface area contributed by atoms with Gasteiger partial charge in [0.1, 0.15) is 0 Å². The van der Waals surface area contributed by atoms with E-state index in [0.717, 1.165) is 12.0 Å². The van der Waals surface area contributed by atoms with Crippen LogP contribution in [0.1, 0.15) is 31.9 Å². The van der Waals surface area contributed by atoms with Gasteiger partial charge in [-0.05, 0) is 31.0 Å². The molecule has 2 atom stereocenters. The maximum Gasteiger partial charge on any atom is 0.238 e. The minimum absolute atomic E-state index is 0.00172. The highest BCUT2D eigenvalue weighted by Crippen LogP contribution is 2.17. The van der Waals surface area contributed by atoms with Crippen molar-refractivity contribution < 1.29 is 13.5 Å². The molecule has 0 heterocycles. The van der Waals surface area contributed by atoms with Crippen LogP contribution in [0.5, 0.6) is 0 Å². The maximum absolute atomic E-state index is 11.3. The first-order valence-corrected chi connectivity index (χ1v) is 7.42. The van der Waals surface area contributed by atoms with Crippen molar-refractivity contribution in [2.75, 3.05) is 6.61 Å². The molecule has 1 unspecified atom stereocenters. The van der Waals surface area contributed by atoms with Gasteiger partial charge in [-0.3, -0.25) is 0 Å². The lowest BCUT2D eigenvalue weighted by atomic mass is 10.1. The van der Waals surface area contributed by atoms with Crippen LogP contribution in [-0.2, 0) is 10.0 Å². The molecule has 5 nitrogen and oxygen atoms in total. The van der Waals surface area contributed by atoms with Crippen LogP contribution in [-0.4, -0.2) is 26.2 Å². The summed E-state index contributed by atoms with van der Waals surface area (Å²) in [5, 5.41) is 17.4. The fourth-order valence-corrected chi connectivity index (χ4v) is 2.28. The summed E-state index contributed by atoms with van der Waals surface area (Å²) in [6.07, 6.45) is 0.801. The fourth-order valence-electron chi connectivity index (χ4n) is 1.71. The molecule has 102 valence electrons. The number of hydrogen-bond acceptors (Lipinski definition) is 4. The Kier molecular flexibility index (Phi) is 5.28. The Morgan fingerprint density at radius 3 is 2.61 bits per heavy atom. The number of hydrogen-bond donors (Lipinski definition) is 3. The number of nitrogens with one attached hydrogen (secondary N) is 1. The van der Waals surface area contributed by atoms with Crippen molar-refractivity contribution in [2.45, 2.75) is 37.2 Å². The smallest absolute Gasteiger partial charge is 0.238 e. The fraction of sp³-hybridized carbons (Fsp3) is 0.500. The molecule has 0 bridgehead atoms. The van der Waals surface area contributed by atoms with Crippen molar-refractivity contribution in [3.63, 3.8) is 0 Å². The third-order valence-electron chi connectivity index (χ3n) is 2.89. The molecule has 0 fully saturated rings. The van der Waals surface area contributed by atoms with Crippen LogP contribution >= 0.6 is 0 Å². The van der Waals surface area contributed by atoms with Crippen LogP contribution in [0.15, 0.2) is 29.2 Å². The van der Waals surface area contributed by atoms with Crippen LogP contribution in [0.2, 0.25) is 0 Å². The van der Waals surface area contributed by atoms with E-state index in [1.165, 1.54) is 6.07 Å². The molecular formula is C12H20N2O3S. The van der Waals surface area contributed by atoms with E-state index in [-0.39, 0.29) is 23.6 Å². The van der Waals surface area contributed by atoms with Gasteiger partial charge in [-0.1, -0.05) is 19.1 Å². The Bertz CT molecular complexity index is 484. The zero-order chi connectivity index (χ0) is 13.8. The summed E-state index contributed by atoms with van der Waals surface area (Å²) in [5.74, 6) is 0. The lowest BCUT2D eigenvalue weighted by Crippen LogP contribution is -2.34. The first-order valence-electron chi connectivity index (χ1n) is 5.88. The summed E-state index contributed by atoms with van der Waals surface area (Å²) < 4.78 is 22.5. The summed E-state index contributed by atoms with van der Waals surface area (Å²) in [5.41, 5.74) is 0.827. The zero-order valence-electron chi connectivity index (χ0n) is 10.6. The second-order valence-electron chi connectivity index (χ2n) is 4.29. The Balaban J connectivity index is 2.90. The predicted molar refractivity (Wildman–Crippen MR) is 70.5 cm³/mol. The predicted octanol–water partition coefficient (Wildman–Crippen LogP) is 0.755. The van der Waals surface area contributed by atoms with Gasteiger partial charge in [0.05, 0.1) is 11.5 Å². The molecule has 0 amide bonds. The SMILES string of the molecule is CC[C@@H](CO)NC(C)c1cccc(S(N)(=O)=O)c1. The summed E-state index contributed by atoms with van der Waals surface area (Å²) in [7, 11) is -3.68. The van der Waals surface area contributed by atoms with E-state index in [2.05, 4.69) is 5.32 Å². The van der Waals surface area contributed by atoms with Crippen molar-refractivity contribution in [1.29, 1.82) is 0 Å². The normalized spacial score (nSPS) is 15.3. The molecule has 18 heavy (non-hydrogen) atoms.